The summed E-state index contributed by atoms with van der Waals surface area (Å²) in [5, 5.41) is 0. The maximum Gasteiger partial charge on any atom is 0.447 e. The van der Waals surface area contributed by atoms with Crippen molar-refractivity contribution in [2.45, 2.75) is 32.0 Å². The number of hydrogen-bond acceptors (Lipinski definition) is 4. The summed E-state index contributed by atoms with van der Waals surface area (Å²) in [6, 6.07) is 23.2. The number of halogens is 1. The minimum Gasteiger partial charge on any atom is -0.315 e. The van der Waals surface area contributed by atoms with E-state index < -0.39 is 23.2 Å². The summed E-state index contributed by atoms with van der Waals surface area (Å²) in [4.78, 5) is 43.2. The van der Waals surface area contributed by atoms with E-state index in [0.29, 0.717) is 24.3 Å². The number of amides is 2. The Morgan fingerprint density at radius 2 is 1.42 bits per heavy atom. The summed E-state index contributed by atoms with van der Waals surface area (Å²) in [6.45, 7) is 3.97. The van der Waals surface area contributed by atoms with Crippen molar-refractivity contribution in [3.63, 3.8) is 0 Å². The Balaban J connectivity index is 1.59. The standard InChI is InChI=1S/C27H25FN4O4/c1-27(2)23(32-25(34)31(26(35)36-32)22-11-7-4-8-12-22)30(21-9-5-3-6-10-21)24(33)29(27)18-17-19-13-15-20(28)16-14-19/h3-16,23H,17-18H2,1-2H3. The number of rotatable bonds is 6. The lowest BCUT2D eigenvalue weighted by Crippen LogP contribution is -2.47. The van der Waals surface area contributed by atoms with Crippen LogP contribution >= 0.6 is 0 Å². The lowest BCUT2D eigenvalue weighted by atomic mass is 9.99. The number of urea groups is 1. The van der Waals surface area contributed by atoms with Crippen LogP contribution in [0.15, 0.2) is 99.0 Å². The van der Waals surface area contributed by atoms with Gasteiger partial charge in [0.1, 0.15) is 5.82 Å². The highest BCUT2D eigenvalue weighted by Gasteiger charge is 2.55. The first kappa shape index (κ1) is 23.3. The largest absolute Gasteiger partial charge is 0.447 e. The lowest BCUT2D eigenvalue weighted by molar-refractivity contribution is 0.0975. The van der Waals surface area contributed by atoms with Crippen molar-refractivity contribution in [2.75, 3.05) is 11.4 Å². The predicted octanol–water partition coefficient (Wildman–Crippen LogP) is 4.19. The van der Waals surface area contributed by atoms with Gasteiger partial charge in [0.2, 0.25) is 0 Å². The van der Waals surface area contributed by atoms with Crippen molar-refractivity contribution in [1.82, 2.24) is 14.2 Å². The number of hydrogen-bond donors (Lipinski definition) is 0. The molecule has 1 aliphatic rings. The van der Waals surface area contributed by atoms with Gasteiger partial charge in [0, 0.05) is 12.2 Å². The fourth-order valence-corrected chi connectivity index (χ4v) is 4.73. The predicted molar refractivity (Wildman–Crippen MR) is 133 cm³/mol. The molecule has 2 amide bonds. The highest BCUT2D eigenvalue weighted by molar-refractivity contribution is 5.95. The molecule has 8 nitrogen and oxygen atoms in total. The molecule has 0 N–H and O–H groups in total. The van der Waals surface area contributed by atoms with Gasteiger partial charge in [-0.2, -0.15) is 4.57 Å². The number of nitrogens with zero attached hydrogens (tertiary/aromatic N) is 4. The summed E-state index contributed by atoms with van der Waals surface area (Å²) in [5.74, 6) is -1.17. The Kier molecular flexibility index (Phi) is 5.83. The molecule has 0 spiro atoms. The van der Waals surface area contributed by atoms with E-state index in [1.807, 2.05) is 19.9 Å². The molecule has 1 atom stereocenters. The highest BCUT2D eigenvalue weighted by Crippen LogP contribution is 2.42. The Bertz CT molecular complexity index is 1490. The van der Waals surface area contributed by atoms with Gasteiger partial charge in [0.05, 0.1) is 11.2 Å². The van der Waals surface area contributed by atoms with Gasteiger partial charge in [-0.25, -0.2) is 18.8 Å². The van der Waals surface area contributed by atoms with Gasteiger partial charge in [-0.15, -0.1) is 4.74 Å². The molecule has 0 bridgehead atoms. The van der Waals surface area contributed by atoms with Crippen LogP contribution in [0.4, 0.5) is 14.9 Å². The third-order valence-electron chi connectivity index (χ3n) is 6.56. The zero-order valence-corrected chi connectivity index (χ0v) is 19.9. The average molecular weight is 489 g/mol. The van der Waals surface area contributed by atoms with Crippen LogP contribution in [0.25, 0.3) is 5.69 Å². The van der Waals surface area contributed by atoms with Crippen LogP contribution in [0.5, 0.6) is 0 Å². The van der Waals surface area contributed by atoms with Gasteiger partial charge in [0.15, 0.2) is 6.17 Å². The van der Waals surface area contributed by atoms with E-state index in [-0.39, 0.29) is 11.8 Å². The normalized spacial score (nSPS) is 17.1. The van der Waals surface area contributed by atoms with Gasteiger partial charge in [-0.05, 0) is 62.2 Å². The third-order valence-corrected chi connectivity index (χ3v) is 6.56. The topological polar surface area (TPSA) is 80.7 Å². The minimum atomic E-state index is -0.949. The number of anilines is 1. The molecule has 1 aliphatic heterocycles. The molecular weight excluding hydrogens is 463 g/mol. The van der Waals surface area contributed by atoms with Crippen molar-refractivity contribution >= 4 is 11.7 Å². The first-order valence-corrected chi connectivity index (χ1v) is 11.6. The third kappa shape index (κ3) is 3.92. The maximum absolute atomic E-state index is 13.8. The second-order valence-electron chi connectivity index (χ2n) is 9.18. The first-order chi connectivity index (χ1) is 17.3. The van der Waals surface area contributed by atoms with E-state index >= 15 is 0 Å². The van der Waals surface area contributed by atoms with E-state index in [0.717, 1.165) is 14.9 Å². The van der Waals surface area contributed by atoms with Crippen LogP contribution in [0.1, 0.15) is 25.6 Å². The molecule has 9 heteroatoms. The SMILES string of the molecule is CC1(C)C(n2oc(=O)n(-c3ccccc3)c2=O)N(c2ccccc2)C(=O)N1CCc1ccc(F)cc1. The molecule has 184 valence electrons. The van der Waals surface area contributed by atoms with Crippen LogP contribution in [-0.2, 0) is 6.42 Å². The van der Waals surface area contributed by atoms with E-state index in [1.54, 1.807) is 71.6 Å². The van der Waals surface area contributed by atoms with Crippen LogP contribution < -0.4 is 16.3 Å². The molecule has 3 aromatic carbocycles. The van der Waals surface area contributed by atoms with Crippen LogP contribution in [0.3, 0.4) is 0 Å². The molecule has 1 unspecified atom stereocenters. The van der Waals surface area contributed by atoms with Crippen molar-refractivity contribution < 1.29 is 13.7 Å². The summed E-state index contributed by atoms with van der Waals surface area (Å²) >= 11 is 0. The minimum absolute atomic E-state index is 0.315. The number of carbonyl (C=O) groups excluding carboxylic acids is 1. The summed E-state index contributed by atoms with van der Waals surface area (Å²) in [5.41, 5.74) is 0.172. The van der Waals surface area contributed by atoms with Crippen molar-refractivity contribution in [3.8, 4) is 5.69 Å². The first-order valence-electron chi connectivity index (χ1n) is 11.6. The monoisotopic (exact) mass is 488 g/mol. The Hall–Kier alpha value is -4.40. The van der Waals surface area contributed by atoms with E-state index in [4.69, 9.17) is 4.52 Å². The molecule has 0 radical (unpaired) electrons. The van der Waals surface area contributed by atoms with Crippen molar-refractivity contribution in [2.24, 2.45) is 0 Å². The second kappa shape index (κ2) is 8.99. The fraction of sp³-hybridized carbons (Fsp3) is 0.222. The summed E-state index contributed by atoms with van der Waals surface area (Å²) in [6.07, 6.45) is -0.458. The van der Waals surface area contributed by atoms with E-state index in [9.17, 15) is 18.8 Å². The van der Waals surface area contributed by atoms with Crippen molar-refractivity contribution in [1.29, 1.82) is 0 Å². The number of para-hydroxylation sites is 2. The number of benzene rings is 3. The molecule has 2 heterocycles. The van der Waals surface area contributed by atoms with Crippen LogP contribution in [0, 0.1) is 5.82 Å². The number of aromatic nitrogens is 2. The van der Waals surface area contributed by atoms with Crippen molar-refractivity contribution in [3.05, 3.63) is 117 Å². The molecular formula is C27H25FN4O4. The fourth-order valence-electron chi connectivity index (χ4n) is 4.73. The van der Waals surface area contributed by atoms with Gasteiger partial charge < -0.3 is 9.42 Å². The Morgan fingerprint density at radius 3 is 2.03 bits per heavy atom. The molecule has 5 rings (SSSR count). The molecule has 36 heavy (non-hydrogen) atoms. The molecule has 0 saturated carbocycles. The quantitative estimate of drug-likeness (QED) is 0.408. The molecule has 0 aliphatic carbocycles. The van der Waals surface area contributed by atoms with Gasteiger partial charge in [0.25, 0.3) is 0 Å². The van der Waals surface area contributed by atoms with E-state index in [2.05, 4.69) is 0 Å². The van der Waals surface area contributed by atoms with Crippen LogP contribution in [-0.4, -0.2) is 32.3 Å². The molecule has 1 fully saturated rings. The van der Waals surface area contributed by atoms with Crippen LogP contribution in [0.2, 0.25) is 0 Å². The summed E-state index contributed by atoms with van der Waals surface area (Å²) < 4.78 is 20.8. The second-order valence-corrected chi connectivity index (χ2v) is 9.18. The van der Waals surface area contributed by atoms with Gasteiger partial charge in [-0.3, -0.25) is 4.90 Å². The Morgan fingerprint density at radius 1 is 0.833 bits per heavy atom. The zero-order chi connectivity index (χ0) is 25.4. The smallest absolute Gasteiger partial charge is 0.315 e. The van der Waals surface area contributed by atoms with Gasteiger partial charge >= 0.3 is 17.5 Å². The van der Waals surface area contributed by atoms with Gasteiger partial charge in [-0.1, -0.05) is 48.5 Å². The maximum atomic E-state index is 13.8. The van der Waals surface area contributed by atoms with E-state index in [1.165, 1.54) is 17.0 Å². The summed E-state index contributed by atoms with van der Waals surface area (Å²) in [7, 11) is 0. The number of carbonyl (C=O) groups is 1. The molecule has 4 aromatic rings. The highest BCUT2D eigenvalue weighted by atomic mass is 19.1. The molecule has 1 aromatic heterocycles. The Labute approximate surface area is 206 Å². The average Bonchev–Trinajstić information content (AvgIpc) is 3.27. The lowest BCUT2D eigenvalue weighted by Gasteiger charge is -2.34. The zero-order valence-electron chi connectivity index (χ0n) is 19.9. The molecule has 1 saturated heterocycles.